The van der Waals surface area contributed by atoms with Gasteiger partial charge in [-0.05, 0) is 68.5 Å². The Kier molecular flexibility index (Phi) is 6.02. The van der Waals surface area contributed by atoms with Crippen molar-refractivity contribution in [1.82, 2.24) is 10.1 Å². The average molecular weight is 423 g/mol. The Bertz CT molecular complexity index is 1060. The van der Waals surface area contributed by atoms with E-state index in [-0.39, 0.29) is 24.2 Å². The summed E-state index contributed by atoms with van der Waals surface area (Å²) < 4.78 is 24.4. The standard InChI is InChI=1S/C24H26FN3O3/c1-15-4-5-18(14-21(15)25)24-26-22(31-27-24)12-13-23(29)28(16(2)17-6-7-17)19-8-10-20(30-3)11-9-19/h4-5,8-11,14,16-17H,6-7,12-13H2,1-3H3. The molecule has 3 aromatic rings. The molecule has 0 bridgehead atoms. The number of halogens is 1. The summed E-state index contributed by atoms with van der Waals surface area (Å²) in [7, 11) is 1.62. The maximum atomic E-state index is 13.8. The molecule has 1 aliphatic rings. The smallest absolute Gasteiger partial charge is 0.227 e. The van der Waals surface area contributed by atoms with Gasteiger partial charge in [0.25, 0.3) is 0 Å². The predicted molar refractivity (Wildman–Crippen MR) is 115 cm³/mol. The zero-order valence-corrected chi connectivity index (χ0v) is 18.0. The maximum absolute atomic E-state index is 13.8. The number of ether oxygens (including phenoxy) is 1. The minimum atomic E-state index is -0.316. The number of benzene rings is 2. The van der Waals surface area contributed by atoms with Crippen molar-refractivity contribution in [3.05, 3.63) is 59.7 Å². The molecule has 0 aliphatic heterocycles. The van der Waals surface area contributed by atoms with Gasteiger partial charge in [0.05, 0.1) is 7.11 Å². The van der Waals surface area contributed by atoms with Gasteiger partial charge in [0.2, 0.25) is 17.6 Å². The lowest BCUT2D eigenvalue weighted by molar-refractivity contribution is -0.119. The van der Waals surface area contributed by atoms with Crippen molar-refractivity contribution in [1.29, 1.82) is 0 Å². The summed E-state index contributed by atoms with van der Waals surface area (Å²) in [5.74, 6) is 1.64. The van der Waals surface area contributed by atoms with Gasteiger partial charge in [-0.2, -0.15) is 4.98 Å². The fourth-order valence-electron chi connectivity index (χ4n) is 3.68. The third-order valence-electron chi connectivity index (χ3n) is 5.78. The highest BCUT2D eigenvalue weighted by molar-refractivity contribution is 5.94. The van der Waals surface area contributed by atoms with Gasteiger partial charge in [-0.3, -0.25) is 4.79 Å². The SMILES string of the molecule is COc1ccc(N(C(=O)CCc2nc(-c3ccc(C)c(F)c3)no2)C(C)C2CC2)cc1. The van der Waals surface area contributed by atoms with Gasteiger partial charge in [-0.1, -0.05) is 17.3 Å². The van der Waals surface area contributed by atoms with Gasteiger partial charge in [0, 0.05) is 30.1 Å². The van der Waals surface area contributed by atoms with Crippen LogP contribution < -0.4 is 9.64 Å². The summed E-state index contributed by atoms with van der Waals surface area (Å²) in [4.78, 5) is 19.4. The molecule has 1 aromatic heterocycles. The highest BCUT2D eigenvalue weighted by Gasteiger charge is 2.35. The van der Waals surface area contributed by atoms with Gasteiger partial charge in [0.1, 0.15) is 11.6 Å². The van der Waals surface area contributed by atoms with Gasteiger partial charge in [0.15, 0.2) is 0 Å². The number of hydrogen-bond acceptors (Lipinski definition) is 5. The van der Waals surface area contributed by atoms with Crippen LogP contribution in [0.15, 0.2) is 47.0 Å². The van der Waals surface area contributed by atoms with E-state index in [1.165, 1.54) is 6.07 Å². The summed E-state index contributed by atoms with van der Waals surface area (Å²) >= 11 is 0. The number of hydrogen-bond donors (Lipinski definition) is 0. The molecule has 1 amide bonds. The quantitative estimate of drug-likeness (QED) is 0.512. The first-order valence-electron chi connectivity index (χ1n) is 10.5. The highest BCUT2D eigenvalue weighted by atomic mass is 19.1. The summed E-state index contributed by atoms with van der Waals surface area (Å²) in [5, 5.41) is 3.94. The van der Waals surface area contributed by atoms with Crippen LogP contribution >= 0.6 is 0 Å². The summed E-state index contributed by atoms with van der Waals surface area (Å²) in [6.07, 6.45) is 2.85. The van der Waals surface area contributed by atoms with Crippen molar-refractivity contribution in [2.75, 3.05) is 12.0 Å². The van der Waals surface area contributed by atoms with Gasteiger partial charge in [-0.25, -0.2) is 4.39 Å². The molecule has 1 atom stereocenters. The molecule has 1 aliphatic carbocycles. The Morgan fingerprint density at radius 1 is 1.26 bits per heavy atom. The molecular formula is C24H26FN3O3. The fourth-order valence-corrected chi connectivity index (χ4v) is 3.68. The lowest BCUT2D eigenvalue weighted by atomic mass is 10.1. The number of rotatable bonds is 8. The Labute approximate surface area is 181 Å². The molecule has 31 heavy (non-hydrogen) atoms. The molecule has 0 radical (unpaired) electrons. The third kappa shape index (κ3) is 4.76. The molecule has 6 nitrogen and oxygen atoms in total. The van der Waals surface area contributed by atoms with E-state index in [4.69, 9.17) is 9.26 Å². The number of anilines is 1. The number of amides is 1. The van der Waals surface area contributed by atoms with E-state index in [1.54, 1.807) is 26.2 Å². The molecule has 1 unspecified atom stereocenters. The zero-order chi connectivity index (χ0) is 22.0. The second-order valence-corrected chi connectivity index (χ2v) is 8.02. The van der Waals surface area contributed by atoms with Crippen LogP contribution in [0.4, 0.5) is 10.1 Å². The molecule has 2 aromatic carbocycles. The minimum absolute atomic E-state index is 0.00528. The first kappa shape index (κ1) is 21.0. The molecule has 1 fully saturated rings. The van der Waals surface area contributed by atoms with E-state index in [0.29, 0.717) is 35.2 Å². The fraction of sp³-hybridized carbons (Fsp3) is 0.375. The number of aromatic nitrogens is 2. The van der Waals surface area contributed by atoms with E-state index in [2.05, 4.69) is 17.1 Å². The van der Waals surface area contributed by atoms with Crippen molar-refractivity contribution in [2.24, 2.45) is 5.92 Å². The van der Waals surface area contributed by atoms with E-state index in [9.17, 15) is 9.18 Å². The number of aryl methyl sites for hydroxylation is 2. The predicted octanol–water partition coefficient (Wildman–Crippen LogP) is 4.96. The van der Waals surface area contributed by atoms with Crippen molar-refractivity contribution < 1.29 is 18.4 Å². The number of carbonyl (C=O) groups is 1. The summed E-state index contributed by atoms with van der Waals surface area (Å²) in [5.41, 5.74) is 1.96. The van der Waals surface area contributed by atoms with E-state index >= 15 is 0 Å². The highest BCUT2D eigenvalue weighted by Crippen LogP contribution is 2.37. The van der Waals surface area contributed by atoms with Gasteiger partial charge < -0.3 is 14.2 Å². The molecule has 0 spiro atoms. The van der Waals surface area contributed by atoms with Crippen LogP contribution in [0, 0.1) is 18.7 Å². The van der Waals surface area contributed by atoms with Crippen LogP contribution in [0.1, 0.15) is 37.6 Å². The topological polar surface area (TPSA) is 68.5 Å². The number of nitrogens with zero attached hydrogens (tertiary/aromatic N) is 3. The summed E-state index contributed by atoms with van der Waals surface area (Å²) in [6.45, 7) is 3.79. The zero-order valence-electron chi connectivity index (χ0n) is 18.0. The summed E-state index contributed by atoms with van der Waals surface area (Å²) in [6, 6.07) is 12.5. The molecule has 162 valence electrons. The molecule has 1 saturated carbocycles. The van der Waals surface area contributed by atoms with Crippen LogP contribution in [0.5, 0.6) is 5.75 Å². The van der Waals surface area contributed by atoms with Crippen LogP contribution in [-0.4, -0.2) is 29.2 Å². The van der Waals surface area contributed by atoms with Gasteiger partial charge >= 0.3 is 0 Å². The van der Waals surface area contributed by atoms with Crippen molar-refractivity contribution >= 4 is 11.6 Å². The number of methoxy groups -OCH3 is 1. The van der Waals surface area contributed by atoms with E-state index < -0.39 is 0 Å². The van der Waals surface area contributed by atoms with Crippen molar-refractivity contribution in [3.63, 3.8) is 0 Å². The molecule has 0 saturated heterocycles. The molecule has 7 heteroatoms. The Hall–Kier alpha value is -3.22. The lowest BCUT2D eigenvalue weighted by Crippen LogP contribution is -2.40. The number of carbonyl (C=O) groups excluding carboxylic acids is 1. The van der Waals surface area contributed by atoms with E-state index in [0.717, 1.165) is 24.3 Å². The molecule has 1 heterocycles. The van der Waals surface area contributed by atoms with Crippen LogP contribution in [0.2, 0.25) is 0 Å². The first-order chi connectivity index (χ1) is 15.0. The Morgan fingerprint density at radius 2 is 2.00 bits per heavy atom. The average Bonchev–Trinajstić information content (AvgIpc) is 3.53. The minimum Gasteiger partial charge on any atom is -0.497 e. The van der Waals surface area contributed by atoms with Crippen LogP contribution in [-0.2, 0) is 11.2 Å². The first-order valence-corrected chi connectivity index (χ1v) is 10.5. The third-order valence-corrected chi connectivity index (χ3v) is 5.78. The Morgan fingerprint density at radius 3 is 2.65 bits per heavy atom. The lowest BCUT2D eigenvalue weighted by Gasteiger charge is -2.29. The van der Waals surface area contributed by atoms with Gasteiger partial charge in [-0.15, -0.1) is 0 Å². The normalized spacial score (nSPS) is 14.3. The van der Waals surface area contributed by atoms with Crippen molar-refractivity contribution in [2.45, 2.75) is 45.6 Å². The van der Waals surface area contributed by atoms with E-state index in [1.807, 2.05) is 29.2 Å². The molecule has 0 N–H and O–H groups in total. The van der Waals surface area contributed by atoms with Crippen molar-refractivity contribution in [3.8, 4) is 17.1 Å². The largest absolute Gasteiger partial charge is 0.497 e. The second kappa shape index (κ2) is 8.88. The molecule has 4 rings (SSSR count). The maximum Gasteiger partial charge on any atom is 0.227 e. The monoisotopic (exact) mass is 423 g/mol. The molecular weight excluding hydrogens is 397 g/mol. The Balaban J connectivity index is 1.46. The van der Waals surface area contributed by atoms with Crippen LogP contribution in [0.25, 0.3) is 11.4 Å². The van der Waals surface area contributed by atoms with Crippen LogP contribution in [0.3, 0.4) is 0 Å². The second-order valence-electron chi connectivity index (χ2n) is 8.02.